The molecule has 2 aromatic rings. The highest BCUT2D eigenvalue weighted by atomic mass is 16.5. The molecule has 0 aliphatic carbocycles. The maximum Gasteiger partial charge on any atom is 0.323 e. The minimum atomic E-state index is -0.460. The van der Waals surface area contributed by atoms with Crippen LogP contribution in [0.4, 0.5) is 0 Å². The number of carbonyl (C=O) groups excluding carboxylic acids is 1. The van der Waals surface area contributed by atoms with Gasteiger partial charge in [-0.3, -0.25) is 4.79 Å². The first-order valence-corrected chi connectivity index (χ1v) is 7.38. The van der Waals surface area contributed by atoms with Crippen LogP contribution in [-0.4, -0.2) is 30.3 Å². The van der Waals surface area contributed by atoms with Gasteiger partial charge in [0.1, 0.15) is 12.6 Å². The lowest BCUT2D eigenvalue weighted by atomic mass is 10.1. The number of benzene rings is 2. The zero-order valence-electron chi connectivity index (χ0n) is 12.4. The van der Waals surface area contributed by atoms with Gasteiger partial charge < -0.3 is 15.2 Å². The molecule has 2 N–H and O–H groups in total. The quantitative estimate of drug-likeness (QED) is 0.731. The summed E-state index contributed by atoms with van der Waals surface area (Å²) >= 11 is 0. The number of hydrogen-bond acceptors (Lipinski definition) is 4. The summed E-state index contributed by atoms with van der Waals surface area (Å²) in [4.78, 5) is 12.3. The molecule has 0 amide bonds. The molecule has 0 aliphatic heterocycles. The second kappa shape index (κ2) is 8.97. The van der Waals surface area contributed by atoms with Crippen molar-refractivity contribution >= 4 is 5.97 Å². The van der Waals surface area contributed by atoms with Gasteiger partial charge in [0.15, 0.2) is 0 Å². The lowest BCUT2D eigenvalue weighted by molar-refractivity contribution is -0.147. The van der Waals surface area contributed by atoms with E-state index in [1.807, 2.05) is 60.7 Å². The number of carbonyl (C=O) groups is 1. The van der Waals surface area contributed by atoms with Crippen LogP contribution in [0.1, 0.15) is 11.1 Å². The maximum atomic E-state index is 12.3. The Bertz CT molecular complexity index is 557. The fourth-order valence-electron chi connectivity index (χ4n) is 2.16. The molecule has 4 nitrogen and oxygen atoms in total. The van der Waals surface area contributed by atoms with Crippen LogP contribution in [0.15, 0.2) is 60.7 Å². The number of rotatable bonds is 8. The monoisotopic (exact) mass is 299 g/mol. The van der Waals surface area contributed by atoms with Gasteiger partial charge in [0.2, 0.25) is 0 Å². The van der Waals surface area contributed by atoms with Crippen molar-refractivity contribution in [3.05, 3.63) is 71.8 Å². The Balaban J connectivity index is 1.93. The molecular formula is C18H21NO3. The first-order valence-electron chi connectivity index (χ1n) is 7.38. The van der Waals surface area contributed by atoms with Crippen LogP contribution >= 0.6 is 0 Å². The van der Waals surface area contributed by atoms with Crippen LogP contribution in [0, 0.1) is 0 Å². The highest BCUT2D eigenvalue weighted by Gasteiger charge is 2.19. The summed E-state index contributed by atoms with van der Waals surface area (Å²) in [6, 6.07) is 18.9. The fraction of sp³-hybridized carbons (Fsp3) is 0.278. The van der Waals surface area contributed by atoms with Crippen molar-refractivity contribution in [2.75, 3.05) is 13.2 Å². The van der Waals surface area contributed by atoms with E-state index in [1.54, 1.807) is 0 Å². The van der Waals surface area contributed by atoms with E-state index in [9.17, 15) is 4.79 Å². The van der Waals surface area contributed by atoms with E-state index >= 15 is 0 Å². The summed E-state index contributed by atoms with van der Waals surface area (Å²) in [6.45, 7) is 0.598. The largest absolute Gasteiger partial charge is 0.460 e. The van der Waals surface area contributed by atoms with Crippen molar-refractivity contribution in [3.63, 3.8) is 0 Å². The summed E-state index contributed by atoms with van der Waals surface area (Å²) in [5, 5.41) is 12.0. The molecule has 0 saturated carbocycles. The van der Waals surface area contributed by atoms with E-state index in [4.69, 9.17) is 9.84 Å². The molecule has 2 aromatic carbocycles. The van der Waals surface area contributed by atoms with Gasteiger partial charge in [0, 0.05) is 6.54 Å². The first-order chi connectivity index (χ1) is 10.8. The molecule has 2 rings (SSSR count). The van der Waals surface area contributed by atoms with E-state index in [1.165, 1.54) is 0 Å². The number of aliphatic hydroxyl groups is 1. The first kappa shape index (κ1) is 16.2. The van der Waals surface area contributed by atoms with Gasteiger partial charge in [-0.25, -0.2) is 0 Å². The second-order valence-corrected chi connectivity index (χ2v) is 5.01. The minimum absolute atomic E-state index is 0.0166. The second-order valence-electron chi connectivity index (χ2n) is 5.01. The topological polar surface area (TPSA) is 58.6 Å². The van der Waals surface area contributed by atoms with Gasteiger partial charge in [0.05, 0.1) is 6.61 Å². The molecule has 0 unspecified atom stereocenters. The maximum absolute atomic E-state index is 12.3. The predicted molar refractivity (Wildman–Crippen MR) is 85.3 cm³/mol. The third kappa shape index (κ3) is 5.31. The van der Waals surface area contributed by atoms with Gasteiger partial charge in [-0.15, -0.1) is 0 Å². The third-order valence-corrected chi connectivity index (χ3v) is 3.29. The van der Waals surface area contributed by atoms with Gasteiger partial charge in [-0.2, -0.15) is 0 Å². The van der Waals surface area contributed by atoms with Crippen molar-refractivity contribution in [1.82, 2.24) is 5.32 Å². The van der Waals surface area contributed by atoms with Crippen LogP contribution in [0.3, 0.4) is 0 Å². The molecule has 0 bridgehead atoms. The molecule has 0 spiro atoms. The molecule has 116 valence electrons. The van der Waals surface area contributed by atoms with Crippen LogP contribution in [-0.2, 0) is 22.6 Å². The Kier molecular flexibility index (Phi) is 6.61. The summed E-state index contributed by atoms with van der Waals surface area (Å²) in [7, 11) is 0. The zero-order chi connectivity index (χ0) is 15.6. The molecule has 4 heteroatoms. The molecule has 0 radical (unpaired) electrons. The van der Waals surface area contributed by atoms with Crippen molar-refractivity contribution in [3.8, 4) is 0 Å². The standard InChI is InChI=1S/C18H21NO3/c20-12-11-19-17(13-15-7-3-1-4-8-15)18(21)22-14-16-9-5-2-6-10-16/h1-10,17,19-20H,11-14H2/t17-/m0/s1. The molecule has 0 saturated heterocycles. The summed E-state index contributed by atoms with van der Waals surface area (Å²) in [5.41, 5.74) is 2.01. The Hall–Kier alpha value is -2.17. The molecule has 1 atom stereocenters. The smallest absolute Gasteiger partial charge is 0.323 e. The normalized spacial score (nSPS) is 11.9. The van der Waals surface area contributed by atoms with Crippen molar-refractivity contribution in [1.29, 1.82) is 0 Å². The number of nitrogens with one attached hydrogen (secondary N) is 1. The van der Waals surface area contributed by atoms with Crippen LogP contribution < -0.4 is 5.32 Å². The van der Waals surface area contributed by atoms with Crippen LogP contribution in [0.5, 0.6) is 0 Å². The van der Waals surface area contributed by atoms with E-state index in [2.05, 4.69) is 5.32 Å². The Morgan fingerprint density at radius 2 is 1.59 bits per heavy atom. The van der Waals surface area contributed by atoms with Crippen LogP contribution in [0.2, 0.25) is 0 Å². The summed E-state index contributed by atoms with van der Waals surface area (Å²) < 4.78 is 5.38. The average molecular weight is 299 g/mol. The highest BCUT2D eigenvalue weighted by molar-refractivity contribution is 5.76. The number of hydrogen-bond donors (Lipinski definition) is 2. The zero-order valence-corrected chi connectivity index (χ0v) is 12.4. The predicted octanol–water partition coefficient (Wildman–Crippen LogP) is 1.92. The highest BCUT2D eigenvalue weighted by Crippen LogP contribution is 2.07. The van der Waals surface area contributed by atoms with E-state index in [0.29, 0.717) is 13.0 Å². The molecule has 0 aliphatic rings. The molecule has 0 heterocycles. The van der Waals surface area contributed by atoms with Crippen molar-refractivity contribution in [2.24, 2.45) is 0 Å². The Morgan fingerprint density at radius 1 is 1.00 bits per heavy atom. The van der Waals surface area contributed by atoms with Crippen molar-refractivity contribution < 1.29 is 14.6 Å². The number of aliphatic hydroxyl groups excluding tert-OH is 1. The number of esters is 1. The molecule has 0 fully saturated rings. The van der Waals surface area contributed by atoms with Gasteiger partial charge >= 0.3 is 5.97 Å². The van der Waals surface area contributed by atoms with Crippen LogP contribution in [0.25, 0.3) is 0 Å². The van der Waals surface area contributed by atoms with Gasteiger partial charge in [-0.05, 0) is 17.5 Å². The third-order valence-electron chi connectivity index (χ3n) is 3.29. The van der Waals surface area contributed by atoms with E-state index < -0.39 is 6.04 Å². The van der Waals surface area contributed by atoms with E-state index in [0.717, 1.165) is 11.1 Å². The lowest BCUT2D eigenvalue weighted by Crippen LogP contribution is -2.41. The number of ether oxygens (including phenoxy) is 1. The fourth-order valence-corrected chi connectivity index (χ4v) is 2.16. The molecule has 22 heavy (non-hydrogen) atoms. The summed E-state index contributed by atoms with van der Waals surface area (Å²) in [5.74, 6) is -0.304. The molecule has 0 aromatic heterocycles. The van der Waals surface area contributed by atoms with Gasteiger partial charge in [0.25, 0.3) is 0 Å². The van der Waals surface area contributed by atoms with Gasteiger partial charge in [-0.1, -0.05) is 60.7 Å². The minimum Gasteiger partial charge on any atom is -0.460 e. The lowest BCUT2D eigenvalue weighted by Gasteiger charge is -2.17. The van der Waals surface area contributed by atoms with E-state index in [-0.39, 0.29) is 19.2 Å². The Morgan fingerprint density at radius 3 is 2.18 bits per heavy atom. The average Bonchev–Trinajstić information content (AvgIpc) is 2.58. The SMILES string of the molecule is O=C(OCc1ccccc1)[C@H](Cc1ccccc1)NCCO. The van der Waals surface area contributed by atoms with Crippen molar-refractivity contribution in [2.45, 2.75) is 19.1 Å². The summed E-state index contributed by atoms with van der Waals surface area (Å²) in [6.07, 6.45) is 0.536. The Labute approximate surface area is 130 Å². The molecular weight excluding hydrogens is 278 g/mol.